The third-order valence-corrected chi connectivity index (χ3v) is 5.67. The predicted octanol–water partition coefficient (Wildman–Crippen LogP) is 3.94. The number of thioether (sulfide) groups is 1. The molecular formula is C13H10N2S2. The first-order chi connectivity index (χ1) is 8.40. The Hall–Kier alpha value is -1.26. The minimum absolute atomic E-state index is 0.538. The first-order valence-electron chi connectivity index (χ1n) is 5.56. The van der Waals surface area contributed by atoms with Crippen LogP contribution in [0.3, 0.4) is 0 Å². The molecular weight excluding hydrogens is 248 g/mol. The largest absolute Gasteiger partial charge is 0.325 e. The van der Waals surface area contributed by atoms with Crippen molar-refractivity contribution in [2.45, 2.75) is 17.0 Å². The van der Waals surface area contributed by atoms with Gasteiger partial charge in [0.2, 0.25) is 0 Å². The molecule has 2 aromatic heterocycles. The highest BCUT2D eigenvalue weighted by Gasteiger charge is 2.25. The number of imidazole rings is 1. The second kappa shape index (κ2) is 3.62. The Morgan fingerprint density at radius 1 is 1.29 bits per heavy atom. The van der Waals surface area contributed by atoms with E-state index in [0.29, 0.717) is 5.25 Å². The van der Waals surface area contributed by atoms with Crippen molar-refractivity contribution in [3.05, 3.63) is 47.6 Å². The van der Waals surface area contributed by atoms with Crippen LogP contribution in [0.25, 0.3) is 10.1 Å². The third kappa shape index (κ3) is 1.51. The van der Waals surface area contributed by atoms with E-state index in [1.807, 2.05) is 29.3 Å². The minimum Gasteiger partial charge on any atom is -0.325 e. The minimum atomic E-state index is 0.538. The molecule has 17 heavy (non-hydrogen) atoms. The van der Waals surface area contributed by atoms with Crippen molar-refractivity contribution in [3.63, 3.8) is 0 Å². The highest BCUT2D eigenvalue weighted by Crippen LogP contribution is 2.45. The van der Waals surface area contributed by atoms with Crippen LogP contribution in [0.5, 0.6) is 0 Å². The lowest BCUT2D eigenvalue weighted by Gasteiger charge is -2.03. The maximum absolute atomic E-state index is 4.36. The van der Waals surface area contributed by atoms with Crippen LogP contribution in [0.4, 0.5) is 0 Å². The van der Waals surface area contributed by atoms with Gasteiger partial charge in [0.25, 0.3) is 0 Å². The van der Waals surface area contributed by atoms with E-state index in [-0.39, 0.29) is 0 Å². The van der Waals surface area contributed by atoms with Gasteiger partial charge in [0.1, 0.15) is 0 Å². The molecule has 0 spiro atoms. The lowest BCUT2D eigenvalue weighted by atomic mass is 10.2. The van der Waals surface area contributed by atoms with E-state index >= 15 is 0 Å². The second-order valence-electron chi connectivity index (χ2n) is 4.16. The summed E-state index contributed by atoms with van der Waals surface area (Å²) in [5.41, 5.74) is 0. The molecule has 0 radical (unpaired) electrons. The van der Waals surface area contributed by atoms with Crippen LogP contribution in [0.2, 0.25) is 0 Å². The normalized spacial score (nSPS) is 18.7. The molecule has 1 aliphatic heterocycles. The van der Waals surface area contributed by atoms with Crippen LogP contribution < -0.4 is 0 Å². The number of fused-ring (bicyclic) bond motifs is 2. The van der Waals surface area contributed by atoms with E-state index in [0.717, 1.165) is 11.7 Å². The molecule has 3 heterocycles. The molecule has 0 bridgehead atoms. The van der Waals surface area contributed by atoms with E-state index < -0.39 is 0 Å². The predicted molar refractivity (Wildman–Crippen MR) is 72.7 cm³/mol. The number of nitrogens with zero attached hydrogens (tertiary/aromatic N) is 2. The number of rotatable bonds is 1. The molecule has 1 atom stereocenters. The molecule has 2 nitrogen and oxygen atoms in total. The summed E-state index contributed by atoms with van der Waals surface area (Å²) in [5, 5.41) is 3.04. The molecule has 0 N–H and O–H groups in total. The lowest BCUT2D eigenvalue weighted by Crippen LogP contribution is -1.94. The molecule has 0 aliphatic carbocycles. The van der Waals surface area contributed by atoms with Crippen molar-refractivity contribution in [2.75, 3.05) is 0 Å². The van der Waals surface area contributed by atoms with E-state index in [1.54, 1.807) is 0 Å². The first-order valence-corrected chi connectivity index (χ1v) is 7.26. The van der Waals surface area contributed by atoms with E-state index in [2.05, 4.69) is 46.1 Å². The molecule has 0 amide bonds. The summed E-state index contributed by atoms with van der Waals surface area (Å²) >= 11 is 3.78. The van der Waals surface area contributed by atoms with E-state index in [4.69, 9.17) is 0 Å². The first kappa shape index (κ1) is 9.74. The van der Waals surface area contributed by atoms with Gasteiger partial charge in [0, 0.05) is 28.5 Å². The zero-order valence-electron chi connectivity index (χ0n) is 9.04. The molecule has 0 saturated carbocycles. The summed E-state index contributed by atoms with van der Waals surface area (Å²) in [6.07, 6.45) is 3.94. The van der Waals surface area contributed by atoms with Gasteiger partial charge in [0.05, 0.1) is 5.25 Å². The summed E-state index contributed by atoms with van der Waals surface area (Å²) in [7, 11) is 0. The molecule has 3 aromatic rings. The van der Waals surface area contributed by atoms with Gasteiger partial charge in [0.15, 0.2) is 5.16 Å². The molecule has 0 unspecified atom stereocenters. The van der Waals surface area contributed by atoms with Gasteiger partial charge in [-0.05, 0) is 17.5 Å². The number of hydrogen-bond acceptors (Lipinski definition) is 3. The fraction of sp³-hybridized carbons (Fsp3) is 0.154. The Morgan fingerprint density at radius 3 is 3.12 bits per heavy atom. The summed E-state index contributed by atoms with van der Waals surface area (Å²) in [5.74, 6) is 0. The summed E-state index contributed by atoms with van der Waals surface area (Å²) in [6, 6.07) is 10.9. The Morgan fingerprint density at radius 2 is 2.24 bits per heavy atom. The molecule has 0 fully saturated rings. The van der Waals surface area contributed by atoms with Crippen molar-refractivity contribution < 1.29 is 0 Å². The zero-order chi connectivity index (χ0) is 11.2. The number of hydrogen-bond donors (Lipinski definition) is 0. The summed E-state index contributed by atoms with van der Waals surface area (Å²) < 4.78 is 3.62. The fourth-order valence-corrected chi connectivity index (χ4v) is 4.60. The Balaban J connectivity index is 1.74. The van der Waals surface area contributed by atoms with Gasteiger partial charge in [-0.3, -0.25) is 0 Å². The summed E-state index contributed by atoms with van der Waals surface area (Å²) in [4.78, 5) is 5.82. The highest BCUT2D eigenvalue weighted by atomic mass is 32.2. The van der Waals surface area contributed by atoms with Gasteiger partial charge in [-0.25, -0.2) is 4.98 Å². The van der Waals surface area contributed by atoms with Gasteiger partial charge < -0.3 is 4.57 Å². The Bertz CT molecular complexity index is 630. The number of benzene rings is 1. The van der Waals surface area contributed by atoms with Crippen molar-refractivity contribution >= 4 is 33.2 Å². The van der Waals surface area contributed by atoms with Gasteiger partial charge in [-0.2, -0.15) is 0 Å². The van der Waals surface area contributed by atoms with Crippen LogP contribution >= 0.6 is 23.1 Å². The molecule has 84 valence electrons. The third-order valence-electron chi connectivity index (χ3n) is 3.05. The quantitative estimate of drug-likeness (QED) is 0.658. The van der Waals surface area contributed by atoms with Crippen molar-refractivity contribution in [3.8, 4) is 0 Å². The average molecular weight is 258 g/mol. The average Bonchev–Trinajstić information content (AvgIpc) is 3.01. The Labute approximate surface area is 107 Å². The van der Waals surface area contributed by atoms with Crippen molar-refractivity contribution in [2.24, 2.45) is 0 Å². The number of aromatic nitrogens is 2. The van der Waals surface area contributed by atoms with Gasteiger partial charge in [-0.1, -0.05) is 30.0 Å². The maximum atomic E-state index is 4.36. The van der Waals surface area contributed by atoms with Crippen LogP contribution in [-0.4, -0.2) is 9.55 Å². The Kier molecular flexibility index (Phi) is 2.07. The standard InChI is InChI=1S/C13H10N2S2/c1-2-4-10-9(3-1)7-11(16-10)12-8-15-6-5-14-13(15)17-12/h1-7,12H,8H2/t12-/m1/s1. The van der Waals surface area contributed by atoms with E-state index in [9.17, 15) is 0 Å². The van der Waals surface area contributed by atoms with E-state index in [1.165, 1.54) is 15.0 Å². The lowest BCUT2D eigenvalue weighted by molar-refractivity contribution is 0.667. The molecule has 1 aromatic carbocycles. The summed E-state index contributed by atoms with van der Waals surface area (Å²) in [6.45, 7) is 1.05. The molecule has 4 heteroatoms. The van der Waals surface area contributed by atoms with Crippen LogP contribution in [0.15, 0.2) is 47.9 Å². The monoisotopic (exact) mass is 258 g/mol. The highest BCUT2D eigenvalue weighted by molar-refractivity contribution is 7.99. The van der Waals surface area contributed by atoms with Crippen molar-refractivity contribution in [1.82, 2.24) is 9.55 Å². The van der Waals surface area contributed by atoms with Crippen LogP contribution in [0, 0.1) is 0 Å². The van der Waals surface area contributed by atoms with Gasteiger partial charge in [-0.15, -0.1) is 11.3 Å². The topological polar surface area (TPSA) is 17.8 Å². The fourth-order valence-electron chi connectivity index (χ4n) is 2.20. The number of thiophene rings is 1. The second-order valence-corrected chi connectivity index (χ2v) is 6.44. The smallest absolute Gasteiger partial charge is 0.168 e. The van der Waals surface area contributed by atoms with Crippen LogP contribution in [-0.2, 0) is 6.54 Å². The SMILES string of the molecule is c1ccc2sc([C@H]3Cn4ccnc4S3)cc2c1. The zero-order valence-corrected chi connectivity index (χ0v) is 10.7. The van der Waals surface area contributed by atoms with Crippen molar-refractivity contribution in [1.29, 1.82) is 0 Å². The van der Waals surface area contributed by atoms with Gasteiger partial charge >= 0.3 is 0 Å². The van der Waals surface area contributed by atoms with Crippen LogP contribution in [0.1, 0.15) is 10.1 Å². The molecule has 0 saturated heterocycles. The molecule has 4 rings (SSSR count). The maximum Gasteiger partial charge on any atom is 0.168 e. The molecule has 1 aliphatic rings.